The van der Waals surface area contributed by atoms with Gasteiger partial charge in [0.25, 0.3) is 0 Å². The predicted octanol–water partition coefficient (Wildman–Crippen LogP) is 2.45. The van der Waals surface area contributed by atoms with Crippen molar-refractivity contribution in [1.29, 1.82) is 0 Å². The maximum atomic E-state index is 5.45. The average molecular weight is 177 g/mol. The van der Waals surface area contributed by atoms with Gasteiger partial charge in [-0.15, -0.1) is 0 Å². The molecule has 1 aromatic heterocycles. The lowest BCUT2D eigenvalue weighted by molar-refractivity contribution is 0.356. The summed E-state index contributed by atoms with van der Waals surface area (Å²) in [4.78, 5) is 4.63. The van der Waals surface area contributed by atoms with Crippen molar-refractivity contribution in [2.45, 2.75) is 33.1 Å². The highest BCUT2D eigenvalue weighted by Gasteiger charge is 2.16. The first-order valence-electron chi connectivity index (χ1n) is 4.81. The van der Waals surface area contributed by atoms with Crippen molar-refractivity contribution in [1.82, 2.24) is 4.98 Å². The van der Waals surface area contributed by atoms with Crippen molar-refractivity contribution in [2.24, 2.45) is 0 Å². The minimum absolute atomic E-state index is 0.505. The highest BCUT2D eigenvalue weighted by Crippen LogP contribution is 2.28. The summed E-state index contributed by atoms with van der Waals surface area (Å²) in [5.41, 5.74) is 3.59. The summed E-state index contributed by atoms with van der Waals surface area (Å²) in [5, 5.41) is 0. The van der Waals surface area contributed by atoms with Crippen LogP contribution in [0, 0.1) is 6.92 Å². The van der Waals surface area contributed by atoms with E-state index in [9.17, 15) is 0 Å². The van der Waals surface area contributed by atoms with Crippen molar-refractivity contribution >= 4 is 0 Å². The van der Waals surface area contributed by atoms with Gasteiger partial charge in [0.15, 0.2) is 0 Å². The van der Waals surface area contributed by atoms with Crippen molar-refractivity contribution < 1.29 is 4.74 Å². The third kappa shape index (κ3) is 1.41. The summed E-state index contributed by atoms with van der Waals surface area (Å²) >= 11 is 0. The number of hydrogen-bond donors (Lipinski definition) is 0. The normalized spacial score (nSPS) is 14.5. The van der Waals surface area contributed by atoms with Gasteiger partial charge < -0.3 is 4.74 Å². The Morgan fingerprint density at radius 2 is 2.23 bits per heavy atom. The molecule has 0 saturated carbocycles. The number of aromatic nitrogens is 1. The lowest BCUT2D eigenvalue weighted by Crippen LogP contribution is -1.98. The molecule has 0 bridgehead atoms. The van der Waals surface area contributed by atoms with E-state index in [1.165, 1.54) is 11.3 Å². The minimum atomic E-state index is 0.505. The third-order valence-corrected chi connectivity index (χ3v) is 2.43. The van der Waals surface area contributed by atoms with E-state index >= 15 is 0 Å². The van der Waals surface area contributed by atoms with E-state index in [-0.39, 0.29) is 0 Å². The molecule has 0 radical (unpaired) electrons. The highest BCUT2D eigenvalue weighted by atomic mass is 16.5. The number of hydrogen-bond acceptors (Lipinski definition) is 2. The van der Waals surface area contributed by atoms with Gasteiger partial charge in [-0.1, -0.05) is 13.8 Å². The van der Waals surface area contributed by atoms with Crippen LogP contribution in [0.5, 0.6) is 5.75 Å². The van der Waals surface area contributed by atoms with Gasteiger partial charge in [0, 0.05) is 12.1 Å². The molecule has 0 unspecified atom stereocenters. The molecular weight excluding hydrogens is 162 g/mol. The highest BCUT2D eigenvalue weighted by molar-refractivity contribution is 5.38. The molecule has 13 heavy (non-hydrogen) atoms. The van der Waals surface area contributed by atoms with Crippen molar-refractivity contribution in [3.8, 4) is 5.75 Å². The molecule has 0 atom stereocenters. The fourth-order valence-corrected chi connectivity index (χ4v) is 1.79. The van der Waals surface area contributed by atoms with E-state index in [1.54, 1.807) is 0 Å². The van der Waals surface area contributed by atoms with E-state index in [1.807, 2.05) is 0 Å². The number of aryl methyl sites for hydroxylation is 1. The largest absolute Gasteiger partial charge is 0.491 e. The fourth-order valence-electron chi connectivity index (χ4n) is 1.79. The van der Waals surface area contributed by atoms with Crippen molar-refractivity contribution in [3.05, 3.63) is 23.0 Å². The lowest BCUT2D eigenvalue weighted by Gasteiger charge is -2.10. The Morgan fingerprint density at radius 3 is 2.92 bits per heavy atom. The number of nitrogens with zero attached hydrogens (tertiary/aromatic N) is 1. The zero-order valence-corrected chi connectivity index (χ0v) is 8.42. The van der Waals surface area contributed by atoms with Crippen LogP contribution in [0.1, 0.15) is 36.7 Å². The van der Waals surface area contributed by atoms with E-state index in [2.05, 4.69) is 31.8 Å². The Balaban J connectivity index is 2.49. The molecule has 2 heterocycles. The van der Waals surface area contributed by atoms with E-state index in [4.69, 9.17) is 4.74 Å². The van der Waals surface area contributed by atoms with Gasteiger partial charge in [-0.2, -0.15) is 0 Å². The number of pyridine rings is 1. The molecular formula is C11H15NO. The van der Waals surface area contributed by atoms with Crippen LogP contribution in [0.25, 0.3) is 0 Å². The smallest absolute Gasteiger partial charge is 0.141 e. The molecule has 70 valence electrons. The molecule has 0 aromatic carbocycles. The van der Waals surface area contributed by atoms with Crippen LogP contribution in [0.2, 0.25) is 0 Å². The topological polar surface area (TPSA) is 22.1 Å². The molecule has 2 rings (SSSR count). The molecule has 1 aliphatic heterocycles. The Kier molecular flexibility index (Phi) is 1.98. The molecule has 0 amide bonds. The second kappa shape index (κ2) is 3.02. The van der Waals surface area contributed by atoms with Gasteiger partial charge >= 0.3 is 0 Å². The van der Waals surface area contributed by atoms with Gasteiger partial charge in [-0.05, 0) is 24.5 Å². The Labute approximate surface area is 78.9 Å². The van der Waals surface area contributed by atoms with Crippen LogP contribution >= 0.6 is 0 Å². The maximum absolute atomic E-state index is 5.45. The summed E-state index contributed by atoms with van der Waals surface area (Å²) in [7, 11) is 0. The summed E-state index contributed by atoms with van der Waals surface area (Å²) in [6, 6.07) is 2.12. The lowest BCUT2D eigenvalue weighted by atomic mass is 10.0. The molecule has 0 spiro atoms. The molecule has 2 nitrogen and oxygen atoms in total. The van der Waals surface area contributed by atoms with Crippen molar-refractivity contribution in [2.75, 3.05) is 6.61 Å². The van der Waals surface area contributed by atoms with Crippen LogP contribution in [-0.4, -0.2) is 11.6 Å². The van der Waals surface area contributed by atoms with Crippen LogP contribution in [-0.2, 0) is 6.42 Å². The van der Waals surface area contributed by atoms with Crippen LogP contribution in [0.4, 0.5) is 0 Å². The molecule has 1 aliphatic rings. The molecule has 0 fully saturated rings. The van der Waals surface area contributed by atoms with Gasteiger partial charge in [-0.25, -0.2) is 0 Å². The first kappa shape index (κ1) is 8.54. The van der Waals surface area contributed by atoms with E-state index in [0.717, 1.165) is 24.5 Å². The zero-order valence-electron chi connectivity index (χ0n) is 8.42. The quantitative estimate of drug-likeness (QED) is 0.657. The van der Waals surface area contributed by atoms with Gasteiger partial charge in [-0.3, -0.25) is 4.98 Å². The molecule has 0 saturated heterocycles. The zero-order chi connectivity index (χ0) is 9.42. The molecule has 0 aliphatic carbocycles. The van der Waals surface area contributed by atoms with Crippen LogP contribution in [0.3, 0.4) is 0 Å². The molecule has 2 heteroatoms. The molecule has 0 N–H and O–H groups in total. The first-order chi connectivity index (χ1) is 6.18. The van der Waals surface area contributed by atoms with Gasteiger partial charge in [0.1, 0.15) is 5.75 Å². The molecule has 1 aromatic rings. The van der Waals surface area contributed by atoms with E-state index < -0.39 is 0 Å². The van der Waals surface area contributed by atoms with Crippen molar-refractivity contribution in [3.63, 3.8) is 0 Å². The van der Waals surface area contributed by atoms with E-state index in [0.29, 0.717) is 5.92 Å². The second-order valence-electron chi connectivity index (χ2n) is 3.89. The Hall–Kier alpha value is -1.05. The number of rotatable bonds is 1. The average Bonchev–Trinajstić information content (AvgIpc) is 2.48. The number of ether oxygens (including phenoxy) is 1. The SMILES string of the molecule is Cc1cc2c(nc1C(C)C)CCO2. The fraction of sp³-hybridized carbons (Fsp3) is 0.545. The minimum Gasteiger partial charge on any atom is -0.491 e. The van der Waals surface area contributed by atoms with Crippen LogP contribution in [0.15, 0.2) is 6.07 Å². The summed E-state index contributed by atoms with van der Waals surface area (Å²) in [6.07, 6.45) is 0.968. The van der Waals surface area contributed by atoms with Gasteiger partial charge in [0.2, 0.25) is 0 Å². The standard InChI is InChI=1S/C11H15NO/c1-7(2)11-8(3)6-10-9(12-11)4-5-13-10/h6-7H,4-5H2,1-3H3. The first-order valence-corrected chi connectivity index (χ1v) is 4.81. The maximum Gasteiger partial charge on any atom is 0.141 e. The van der Waals surface area contributed by atoms with Gasteiger partial charge in [0.05, 0.1) is 12.3 Å². The predicted molar refractivity (Wildman–Crippen MR) is 52.3 cm³/mol. The summed E-state index contributed by atoms with van der Waals surface area (Å²) in [6.45, 7) is 7.25. The third-order valence-electron chi connectivity index (χ3n) is 2.43. The monoisotopic (exact) mass is 177 g/mol. The number of fused-ring (bicyclic) bond motifs is 1. The Morgan fingerprint density at radius 1 is 1.46 bits per heavy atom. The Bertz CT molecular complexity index is 331. The second-order valence-corrected chi connectivity index (χ2v) is 3.89. The van der Waals surface area contributed by atoms with Crippen LogP contribution < -0.4 is 4.74 Å². The summed E-state index contributed by atoms with van der Waals surface area (Å²) < 4.78 is 5.45. The summed E-state index contributed by atoms with van der Waals surface area (Å²) in [5.74, 6) is 1.49.